The van der Waals surface area contributed by atoms with Gasteiger partial charge in [0, 0.05) is 12.7 Å². The highest BCUT2D eigenvalue weighted by Crippen LogP contribution is 2.21. The molecular formula is C16H20N2O3S. The van der Waals surface area contributed by atoms with Crippen LogP contribution in [0.2, 0.25) is 0 Å². The molecule has 2 aromatic heterocycles. The average Bonchev–Trinajstić information content (AvgIpc) is 3.07. The lowest BCUT2D eigenvalue weighted by Crippen LogP contribution is -2.41. The largest absolute Gasteiger partial charge is 0.480 e. The Bertz CT molecular complexity index is 597. The zero-order valence-corrected chi connectivity index (χ0v) is 13.5. The van der Waals surface area contributed by atoms with Crippen molar-refractivity contribution in [1.29, 1.82) is 0 Å². The highest BCUT2D eigenvalue weighted by molar-refractivity contribution is 7.07. The van der Waals surface area contributed by atoms with Crippen molar-refractivity contribution in [1.82, 2.24) is 9.88 Å². The van der Waals surface area contributed by atoms with Gasteiger partial charge in [-0.1, -0.05) is 6.92 Å². The summed E-state index contributed by atoms with van der Waals surface area (Å²) >= 11 is 1.59. The summed E-state index contributed by atoms with van der Waals surface area (Å²) in [5, 5.41) is 13.6. The van der Waals surface area contributed by atoms with E-state index in [-0.39, 0.29) is 18.6 Å². The van der Waals surface area contributed by atoms with Crippen LogP contribution >= 0.6 is 11.3 Å². The molecule has 2 aromatic rings. The topological polar surface area (TPSA) is 62.7 Å². The summed E-state index contributed by atoms with van der Waals surface area (Å²) in [6.07, 6.45) is 2.26. The number of methoxy groups -OCH3 is 1. The van der Waals surface area contributed by atoms with Crippen molar-refractivity contribution in [3.8, 4) is 5.88 Å². The average molecular weight is 320 g/mol. The minimum Gasteiger partial charge on any atom is -0.480 e. The molecule has 0 spiro atoms. The van der Waals surface area contributed by atoms with Gasteiger partial charge in [0.05, 0.1) is 19.8 Å². The molecule has 0 bridgehead atoms. The van der Waals surface area contributed by atoms with Crippen molar-refractivity contribution in [3.63, 3.8) is 0 Å². The molecule has 0 saturated heterocycles. The Morgan fingerprint density at radius 1 is 1.50 bits per heavy atom. The number of pyridine rings is 1. The quantitative estimate of drug-likeness (QED) is 0.851. The van der Waals surface area contributed by atoms with Crippen molar-refractivity contribution in [2.75, 3.05) is 13.7 Å². The number of thiophene rings is 1. The van der Waals surface area contributed by atoms with Crippen LogP contribution in [-0.2, 0) is 6.54 Å². The van der Waals surface area contributed by atoms with Gasteiger partial charge in [-0.25, -0.2) is 4.98 Å². The fourth-order valence-corrected chi connectivity index (χ4v) is 2.92. The van der Waals surface area contributed by atoms with Crippen LogP contribution in [0.3, 0.4) is 0 Å². The summed E-state index contributed by atoms with van der Waals surface area (Å²) in [5.74, 6) is 0.118. The van der Waals surface area contributed by atoms with Gasteiger partial charge in [-0.3, -0.25) is 4.79 Å². The molecule has 0 aliphatic rings. The van der Waals surface area contributed by atoms with E-state index in [2.05, 4.69) is 4.98 Å². The third-order valence-electron chi connectivity index (χ3n) is 3.51. The second kappa shape index (κ2) is 7.91. The van der Waals surface area contributed by atoms with Gasteiger partial charge in [0.15, 0.2) is 0 Å². The molecule has 0 fully saturated rings. The number of hydrogen-bond donors (Lipinski definition) is 1. The van der Waals surface area contributed by atoms with Crippen molar-refractivity contribution in [2.45, 2.75) is 25.9 Å². The van der Waals surface area contributed by atoms with Crippen molar-refractivity contribution in [3.05, 3.63) is 46.3 Å². The van der Waals surface area contributed by atoms with Crippen LogP contribution in [-0.4, -0.2) is 40.7 Å². The van der Waals surface area contributed by atoms with Gasteiger partial charge in [-0.15, -0.1) is 0 Å². The fraction of sp³-hybridized carbons (Fsp3) is 0.375. The number of aromatic nitrogens is 1. The van der Waals surface area contributed by atoms with Crippen LogP contribution in [0, 0.1) is 0 Å². The van der Waals surface area contributed by atoms with E-state index in [4.69, 9.17) is 4.74 Å². The van der Waals surface area contributed by atoms with Crippen LogP contribution in [0.1, 0.15) is 29.3 Å². The summed E-state index contributed by atoms with van der Waals surface area (Å²) < 4.78 is 5.18. The van der Waals surface area contributed by atoms with E-state index in [9.17, 15) is 9.90 Å². The van der Waals surface area contributed by atoms with Crippen LogP contribution in [0.15, 0.2) is 35.2 Å². The summed E-state index contributed by atoms with van der Waals surface area (Å²) in [4.78, 5) is 18.7. The number of aliphatic hydroxyl groups is 1. The lowest BCUT2D eigenvalue weighted by Gasteiger charge is -2.30. The molecule has 1 atom stereocenters. The maximum absolute atomic E-state index is 12.9. The standard InChI is InChI=1S/C16H20N2O3S/c1-3-13(10-19)18(9-12-6-8-22-11-12)16(20)14-5-4-7-17-15(14)21-2/h4-8,11,13,19H,3,9-10H2,1-2H3. The first-order chi connectivity index (χ1) is 10.7. The van der Waals surface area contributed by atoms with Gasteiger partial charge in [0.1, 0.15) is 5.56 Å². The van der Waals surface area contributed by atoms with Crippen molar-refractivity contribution >= 4 is 17.2 Å². The number of amides is 1. The maximum atomic E-state index is 12.9. The van der Waals surface area contributed by atoms with E-state index in [1.54, 1.807) is 34.6 Å². The van der Waals surface area contributed by atoms with Gasteiger partial charge in [-0.2, -0.15) is 11.3 Å². The zero-order chi connectivity index (χ0) is 15.9. The molecule has 22 heavy (non-hydrogen) atoms. The smallest absolute Gasteiger partial charge is 0.259 e. The number of carbonyl (C=O) groups is 1. The third kappa shape index (κ3) is 3.64. The Morgan fingerprint density at radius 2 is 2.32 bits per heavy atom. The van der Waals surface area contributed by atoms with Crippen LogP contribution < -0.4 is 4.74 Å². The minimum atomic E-state index is -0.239. The predicted octanol–water partition coefficient (Wildman–Crippen LogP) is 2.57. The van der Waals surface area contributed by atoms with Gasteiger partial charge >= 0.3 is 0 Å². The Kier molecular flexibility index (Phi) is 5.91. The summed E-state index contributed by atoms with van der Waals surface area (Å²) in [7, 11) is 1.49. The summed E-state index contributed by atoms with van der Waals surface area (Å²) in [6, 6.07) is 5.14. The van der Waals surface area contributed by atoms with Crippen LogP contribution in [0.25, 0.3) is 0 Å². The number of carbonyl (C=O) groups excluding carboxylic acids is 1. The summed E-state index contributed by atoms with van der Waals surface area (Å²) in [6.45, 7) is 2.34. The lowest BCUT2D eigenvalue weighted by atomic mass is 10.1. The zero-order valence-electron chi connectivity index (χ0n) is 12.7. The second-order valence-corrected chi connectivity index (χ2v) is 5.65. The molecule has 0 aliphatic heterocycles. The Morgan fingerprint density at radius 3 is 2.91 bits per heavy atom. The van der Waals surface area contributed by atoms with E-state index >= 15 is 0 Å². The van der Waals surface area contributed by atoms with Crippen LogP contribution in [0.5, 0.6) is 5.88 Å². The van der Waals surface area contributed by atoms with Crippen molar-refractivity contribution in [2.24, 2.45) is 0 Å². The first-order valence-electron chi connectivity index (χ1n) is 7.13. The fourth-order valence-electron chi connectivity index (χ4n) is 2.27. The van der Waals surface area contributed by atoms with Crippen molar-refractivity contribution < 1.29 is 14.6 Å². The SMILES string of the molecule is CCC(CO)N(Cc1ccsc1)C(=O)c1cccnc1OC. The predicted molar refractivity (Wildman–Crippen MR) is 86.1 cm³/mol. The van der Waals surface area contributed by atoms with E-state index in [1.807, 2.05) is 23.8 Å². The second-order valence-electron chi connectivity index (χ2n) is 4.87. The van der Waals surface area contributed by atoms with Crippen LogP contribution in [0.4, 0.5) is 0 Å². The molecule has 1 unspecified atom stereocenters. The van der Waals surface area contributed by atoms with E-state index in [0.717, 1.165) is 5.56 Å². The monoisotopic (exact) mass is 320 g/mol. The Hall–Kier alpha value is -1.92. The molecule has 118 valence electrons. The lowest BCUT2D eigenvalue weighted by molar-refractivity contribution is 0.0560. The highest BCUT2D eigenvalue weighted by Gasteiger charge is 2.26. The van der Waals surface area contributed by atoms with E-state index in [0.29, 0.717) is 24.4 Å². The summed E-state index contributed by atoms with van der Waals surface area (Å²) in [5.41, 5.74) is 1.46. The molecule has 0 aliphatic carbocycles. The van der Waals surface area contributed by atoms with Gasteiger partial charge in [0.2, 0.25) is 5.88 Å². The van der Waals surface area contributed by atoms with E-state index in [1.165, 1.54) is 7.11 Å². The molecule has 1 N–H and O–H groups in total. The molecule has 0 saturated carbocycles. The molecule has 0 aromatic carbocycles. The minimum absolute atomic E-state index is 0.0744. The van der Waals surface area contributed by atoms with E-state index < -0.39 is 0 Å². The van der Waals surface area contributed by atoms with Gasteiger partial charge in [-0.05, 0) is 40.9 Å². The maximum Gasteiger partial charge on any atom is 0.259 e. The number of nitrogens with zero attached hydrogens (tertiary/aromatic N) is 2. The molecule has 2 heterocycles. The first-order valence-corrected chi connectivity index (χ1v) is 8.07. The number of aliphatic hydroxyl groups excluding tert-OH is 1. The molecule has 6 heteroatoms. The number of hydrogen-bond acceptors (Lipinski definition) is 5. The number of rotatable bonds is 7. The normalized spacial score (nSPS) is 12.0. The Balaban J connectivity index is 2.32. The van der Waals surface area contributed by atoms with Gasteiger partial charge < -0.3 is 14.7 Å². The number of ether oxygens (including phenoxy) is 1. The molecule has 1 amide bonds. The third-order valence-corrected chi connectivity index (χ3v) is 4.24. The molecular weight excluding hydrogens is 300 g/mol. The molecule has 5 nitrogen and oxygen atoms in total. The van der Waals surface area contributed by atoms with Gasteiger partial charge in [0.25, 0.3) is 5.91 Å². The highest BCUT2D eigenvalue weighted by atomic mass is 32.1. The molecule has 2 rings (SSSR count). The first kappa shape index (κ1) is 16.5. The molecule has 0 radical (unpaired) electrons. The Labute approximate surface area is 134 Å².